The average molecular weight is 432 g/mol. The Morgan fingerprint density at radius 1 is 1.03 bits per heavy atom. The molecule has 3 aromatic rings. The van der Waals surface area contributed by atoms with Gasteiger partial charge in [0.1, 0.15) is 11.7 Å². The van der Waals surface area contributed by atoms with Crippen molar-refractivity contribution in [2.45, 2.75) is 44.6 Å². The fourth-order valence-electron chi connectivity index (χ4n) is 3.76. The molecular formula is C23H27N8O+. The van der Waals surface area contributed by atoms with Crippen molar-refractivity contribution in [3.05, 3.63) is 60.3 Å². The lowest BCUT2D eigenvalue weighted by Gasteiger charge is -2.41. The highest BCUT2D eigenvalue weighted by Gasteiger charge is 2.43. The van der Waals surface area contributed by atoms with E-state index in [1.165, 1.54) is 6.20 Å². The van der Waals surface area contributed by atoms with Crippen molar-refractivity contribution in [3.63, 3.8) is 0 Å². The lowest BCUT2D eigenvalue weighted by atomic mass is 9.63. The molecule has 1 aliphatic rings. The van der Waals surface area contributed by atoms with E-state index in [2.05, 4.69) is 30.2 Å². The van der Waals surface area contributed by atoms with Crippen LogP contribution in [-0.4, -0.2) is 42.8 Å². The summed E-state index contributed by atoms with van der Waals surface area (Å²) in [5.74, 6) is 1.02. The van der Waals surface area contributed by atoms with Crippen LogP contribution in [0.15, 0.2) is 54.0 Å². The molecule has 0 unspecified atom stereocenters. The molecule has 2 aromatic heterocycles. The Bertz CT molecular complexity index is 1120. The highest BCUT2D eigenvalue weighted by atomic mass is 16.3. The van der Waals surface area contributed by atoms with E-state index in [9.17, 15) is 0 Å². The van der Waals surface area contributed by atoms with Crippen LogP contribution in [0.25, 0.3) is 11.1 Å². The second-order valence-electron chi connectivity index (χ2n) is 8.24. The number of nitrogen functional groups attached to an aromatic ring is 1. The van der Waals surface area contributed by atoms with Gasteiger partial charge in [-0.15, -0.1) is 4.99 Å². The molecule has 0 atom stereocenters. The van der Waals surface area contributed by atoms with Gasteiger partial charge < -0.3 is 16.2 Å². The van der Waals surface area contributed by atoms with E-state index in [0.29, 0.717) is 11.5 Å². The van der Waals surface area contributed by atoms with Gasteiger partial charge in [-0.2, -0.15) is 0 Å². The summed E-state index contributed by atoms with van der Waals surface area (Å²) in [7, 11) is 0. The molecule has 1 aromatic carbocycles. The molecule has 0 bridgehead atoms. The number of nitrogens with one attached hydrogen (secondary N) is 2. The number of aromatic nitrogens is 4. The molecule has 9 heteroatoms. The van der Waals surface area contributed by atoms with Crippen molar-refractivity contribution in [2.75, 3.05) is 11.1 Å². The van der Waals surface area contributed by atoms with Crippen LogP contribution in [0, 0.1) is 5.41 Å². The molecule has 1 fully saturated rings. The maximum absolute atomic E-state index is 8.69. The zero-order chi connectivity index (χ0) is 22.7. The minimum absolute atomic E-state index is 0.0551. The van der Waals surface area contributed by atoms with Crippen LogP contribution in [0.2, 0.25) is 0 Å². The fraction of sp³-hybridized carbons (Fsp3) is 0.304. The van der Waals surface area contributed by atoms with Gasteiger partial charge in [0.25, 0.3) is 0 Å². The minimum atomic E-state index is -0.477. The van der Waals surface area contributed by atoms with Crippen LogP contribution in [0.1, 0.15) is 44.4 Å². The molecule has 0 aliphatic heterocycles. The molecule has 0 spiro atoms. The Morgan fingerprint density at radius 2 is 1.72 bits per heavy atom. The largest absolute Gasteiger partial charge is 0.577 e. The topological polar surface area (TPSA) is 149 Å². The Labute approximate surface area is 186 Å². The van der Waals surface area contributed by atoms with E-state index in [4.69, 9.17) is 16.2 Å². The van der Waals surface area contributed by atoms with Gasteiger partial charge in [0.2, 0.25) is 5.95 Å². The number of amidine groups is 1. The first kappa shape index (κ1) is 21.4. The van der Waals surface area contributed by atoms with E-state index in [1.54, 1.807) is 18.6 Å². The van der Waals surface area contributed by atoms with Crippen LogP contribution in [0.5, 0.6) is 0 Å². The van der Waals surface area contributed by atoms with Gasteiger partial charge in [-0.05, 0) is 37.8 Å². The zero-order valence-corrected chi connectivity index (χ0v) is 18.1. The van der Waals surface area contributed by atoms with Crippen LogP contribution in [0.4, 0.5) is 11.8 Å². The van der Waals surface area contributed by atoms with E-state index < -0.39 is 5.41 Å². The standard InChI is InChI=1S/C23H26N8O/c1-14(2)30-19-13-26-18(12-27-19)20(32)31-21(24)23(8-3-9-23)17-6-4-15(5-7-17)16-10-28-22(25)29-11-16/h4-7,10-14H,3,8-9H2,1-2H3,(H,27,30)(H2,24,31,32)(H2,25,28,29)/p+1. The summed E-state index contributed by atoms with van der Waals surface area (Å²) in [5.41, 5.74) is 8.31. The number of hydrogen-bond acceptors (Lipinski definition) is 7. The normalized spacial score (nSPS) is 15.3. The number of benzene rings is 1. The second-order valence-corrected chi connectivity index (χ2v) is 8.24. The van der Waals surface area contributed by atoms with Crippen molar-refractivity contribution >= 4 is 23.5 Å². The molecule has 1 saturated carbocycles. The van der Waals surface area contributed by atoms with Crippen molar-refractivity contribution in [3.8, 4) is 11.1 Å². The molecule has 0 saturated heterocycles. The van der Waals surface area contributed by atoms with Crippen molar-refractivity contribution in [1.29, 1.82) is 5.41 Å². The van der Waals surface area contributed by atoms with Gasteiger partial charge in [0, 0.05) is 24.0 Å². The molecule has 0 amide bonds. The van der Waals surface area contributed by atoms with Gasteiger partial charge in [-0.1, -0.05) is 30.7 Å². The predicted molar refractivity (Wildman–Crippen MR) is 126 cm³/mol. The SMILES string of the molecule is CC(C)Nc1cnc(C([OH2+])=NC(=N)C2(c3ccc(-c4cnc(N)nc4)cc3)CCC2)cn1. The predicted octanol–water partition coefficient (Wildman–Crippen LogP) is 2.91. The highest BCUT2D eigenvalue weighted by molar-refractivity contribution is 6.04. The number of hydrogen-bond donors (Lipinski definition) is 3. The highest BCUT2D eigenvalue weighted by Crippen LogP contribution is 2.45. The van der Waals surface area contributed by atoms with Gasteiger partial charge in [0.05, 0.1) is 17.8 Å². The Kier molecular flexibility index (Phi) is 5.81. The molecular weight excluding hydrogens is 404 g/mol. The van der Waals surface area contributed by atoms with E-state index in [1.807, 2.05) is 38.1 Å². The van der Waals surface area contributed by atoms with E-state index >= 15 is 0 Å². The minimum Gasteiger partial charge on any atom is -0.577 e. The summed E-state index contributed by atoms with van der Waals surface area (Å²) in [6.45, 7) is 4.03. The summed E-state index contributed by atoms with van der Waals surface area (Å²) < 4.78 is 0. The number of aliphatic imine (C=N–C) groups is 1. The van der Waals surface area contributed by atoms with Crippen molar-refractivity contribution < 1.29 is 5.11 Å². The van der Waals surface area contributed by atoms with E-state index in [-0.39, 0.29) is 23.7 Å². The van der Waals surface area contributed by atoms with Crippen LogP contribution >= 0.6 is 0 Å². The maximum atomic E-state index is 8.69. The Balaban J connectivity index is 1.54. The molecule has 164 valence electrons. The summed E-state index contributed by atoms with van der Waals surface area (Å²) >= 11 is 0. The molecule has 0 radical (unpaired) electrons. The number of nitrogens with zero attached hydrogens (tertiary/aromatic N) is 5. The third-order valence-corrected chi connectivity index (χ3v) is 5.66. The smallest absolute Gasteiger partial charge is 0.386 e. The Morgan fingerprint density at radius 3 is 2.25 bits per heavy atom. The lowest BCUT2D eigenvalue weighted by molar-refractivity contribution is 0.336. The first-order chi connectivity index (χ1) is 15.4. The number of nitrogens with two attached hydrogens (primary N) is 1. The molecule has 32 heavy (non-hydrogen) atoms. The summed E-state index contributed by atoms with van der Waals surface area (Å²) in [4.78, 5) is 20.9. The maximum Gasteiger partial charge on any atom is 0.386 e. The molecule has 9 nitrogen and oxygen atoms in total. The van der Waals surface area contributed by atoms with Crippen LogP contribution in [-0.2, 0) is 5.41 Å². The first-order valence-electron chi connectivity index (χ1n) is 10.5. The molecule has 6 N–H and O–H groups in total. The summed E-state index contributed by atoms with van der Waals surface area (Å²) in [6.07, 6.45) is 9.17. The second kappa shape index (κ2) is 8.70. The van der Waals surface area contributed by atoms with Gasteiger partial charge in [-0.3, -0.25) is 5.41 Å². The zero-order valence-electron chi connectivity index (χ0n) is 18.1. The van der Waals surface area contributed by atoms with Crippen LogP contribution < -0.4 is 11.1 Å². The number of anilines is 2. The van der Waals surface area contributed by atoms with Gasteiger partial charge in [-0.25, -0.2) is 19.9 Å². The van der Waals surface area contributed by atoms with Gasteiger partial charge >= 0.3 is 5.90 Å². The molecule has 1 aliphatic carbocycles. The number of rotatable bonds is 6. The summed E-state index contributed by atoms with van der Waals surface area (Å²) in [6, 6.07) is 8.27. The van der Waals surface area contributed by atoms with Crippen molar-refractivity contribution in [1.82, 2.24) is 19.9 Å². The summed E-state index contributed by atoms with van der Waals surface area (Å²) in [5, 5.41) is 20.2. The average Bonchev–Trinajstić information content (AvgIpc) is 2.74. The Hall–Kier alpha value is -3.88. The fourth-order valence-corrected chi connectivity index (χ4v) is 3.76. The van der Waals surface area contributed by atoms with Crippen LogP contribution in [0.3, 0.4) is 0 Å². The third kappa shape index (κ3) is 4.27. The molecule has 2 heterocycles. The van der Waals surface area contributed by atoms with Crippen molar-refractivity contribution in [2.24, 2.45) is 4.99 Å². The first-order valence-corrected chi connectivity index (χ1v) is 10.5. The molecule has 4 rings (SSSR count). The third-order valence-electron chi connectivity index (χ3n) is 5.66. The monoisotopic (exact) mass is 431 g/mol. The van der Waals surface area contributed by atoms with E-state index in [0.717, 1.165) is 36.0 Å². The van der Waals surface area contributed by atoms with Gasteiger partial charge in [0.15, 0.2) is 5.69 Å². The lowest BCUT2D eigenvalue weighted by Crippen LogP contribution is -2.41. The quantitative estimate of drug-likeness (QED) is 0.310.